The van der Waals surface area contributed by atoms with Crippen molar-refractivity contribution in [3.8, 4) is 0 Å². The number of hydrazine groups is 1. The van der Waals surface area contributed by atoms with E-state index >= 15 is 0 Å². The highest BCUT2D eigenvalue weighted by atomic mass is 35.5. The number of nitrogens with two attached hydrogens (primary N) is 1. The second-order valence-electron chi connectivity index (χ2n) is 4.34. The number of aryl methyl sites for hydroxylation is 1. The molecule has 21 heavy (non-hydrogen) atoms. The first-order valence-corrected chi connectivity index (χ1v) is 6.13. The van der Waals surface area contributed by atoms with Gasteiger partial charge in [-0.1, -0.05) is 11.6 Å². The first kappa shape index (κ1) is 15.7. The Bertz CT molecular complexity index is 634. The molecule has 3 N–H and O–H groups in total. The van der Waals surface area contributed by atoms with E-state index in [2.05, 4.69) is 10.5 Å². The predicted octanol–water partition coefficient (Wildman–Crippen LogP) is 2.78. The van der Waals surface area contributed by atoms with Crippen LogP contribution in [0.25, 0.3) is 0 Å². The van der Waals surface area contributed by atoms with Crippen LogP contribution in [0.3, 0.4) is 0 Å². The molecule has 0 saturated carbocycles. The minimum absolute atomic E-state index is 0.164. The molecule has 0 spiro atoms. The number of aromatic nitrogens is 2. The number of benzene rings is 1. The smallest absolute Gasteiger partial charge is 0.271 e. The Morgan fingerprint density at radius 3 is 2.52 bits per heavy atom. The molecule has 0 fully saturated rings. The second kappa shape index (κ2) is 5.63. The van der Waals surface area contributed by atoms with E-state index in [4.69, 9.17) is 17.4 Å². The number of nitrogens with one attached hydrogen (secondary N) is 1. The molecule has 1 unspecified atom stereocenters. The molecule has 0 aliphatic heterocycles. The van der Waals surface area contributed by atoms with Crippen LogP contribution in [0.15, 0.2) is 24.4 Å². The Morgan fingerprint density at radius 2 is 2.05 bits per heavy atom. The topological polar surface area (TPSA) is 55.9 Å². The van der Waals surface area contributed by atoms with Gasteiger partial charge in [-0.2, -0.15) is 18.3 Å². The minimum atomic E-state index is -4.59. The fourth-order valence-corrected chi connectivity index (χ4v) is 2.28. The summed E-state index contributed by atoms with van der Waals surface area (Å²) in [6.45, 7) is 0. The van der Waals surface area contributed by atoms with Crippen LogP contribution in [0.5, 0.6) is 0 Å². The van der Waals surface area contributed by atoms with Gasteiger partial charge in [0.25, 0.3) is 0 Å². The van der Waals surface area contributed by atoms with Crippen LogP contribution in [-0.4, -0.2) is 9.78 Å². The summed E-state index contributed by atoms with van der Waals surface area (Å²) >= 11 is 5.93. The SMILES string of the molecule is Cn1ncc(Cl)c1C(NN)c1cc(C(F)(F)F)ccc1F. The minimum Gasteiger partial charge on any atom is -0.271 e. The molecular weight excluding hydrogens is 312 g/mol. The quantitative estimate of drug-likeness (QED) is 0.519. The zero-order chi connectivity index (χ0) is 15.8. The third-order valence-corrected chi connectivity index (χ3v) is 3.30. The largest absolute Gasteiger partial charge is 0.416 e. The number of rotatable bonds is 3. The third kappa shape index (κ3) is 3.02. The standard InChI is InChI=1S/C12H11ClF4N4/c1-21-11(8(13)5-19-21)10(20-18)7-4-6(12(15,16)17)2-3-9(7)14/h2-5,10,20H,18H2,1H3. The van der Waals surface area contributed by atoms with E-state index in [1.165, 1.54) is 17.9 Å². The van der Waals surface area contributed by atoms with Gasteiger partial charge in [0.15, 0.2) is 0 Å². The molecule has 9 heteroatoms. The summed E-state index contributed by atoms with van der Waals surface area (Å²) in [6.07, 6.45) is -3.29. The first-order valence-electron chi connectivity index (χ1n) is 5.76. The number of nitrogens with zero attached hydrogens (tertiary/aromatic N) is 2. The van der Waals surface area contributed by atoms with Crippen molar-refractivity contribution in [3.05, 3.63) is 52.1 Å². The Labute approximate surface area is 122 Å². The van der Waals surface area contributed by atoms with Crippen LogP contribution in [0.2, 0.25) is 5.02 Å². The molecule has 4 nitrogen and oxygen atoms in total. The molecule has 0 aliphatic carbocycles. The molecule has 0 radical (unpaired) electrons. The van der Waals surface area contributed by atoms with Crippen LogP contribution in [0.1, 0.15) is 22.9 Å². The van der Waals surface area contributed by atoms with E-state index in [9.17, 15) is 17.6 Å². The Balaban J connectivity index is 2.58. The molecule has 1 aromatic carbocycles. The summed E-state index contributed by atoms with van der Waals surface area (Å²) in [4.78, 5) is 0. The summed E-state index contributed by atoms with van der Waals surface area (Å²) in [7, 11) is 1.52. The zero-order valence-corrected chi connectivity index (χ0v) is 11.5. The van der Waals surface area contributed by atoms with Crippen LogP contribution in [-0.2, 0) is 13.2 Å². The predicted molar refractivity (Wildman–Crippen MR) is 68.8 cm³/mol. The zero-order valence-electron chi connectivity index (χ0n) is 10.7. The van der Waals surface area contributed by atoms with Crippen molar-refractivity contribution in [1.29, 1.82) is 0 Å². The summed E-state index contributed by atoms with van der Waals surface area (Å²) in [5, 5.41) is 4.02. The molecule has 1 atom stereocenters. The second-order valence-corrected chi connectivity index (χ2v) is 4.74. The average Bonchev–Trinajstić information content (AvgIpc) is 2.72. The van der Waals surface area contributed by atoms with Crippen molar-refractivity contribution in [3.63, 3.8) is 0 Å². The van der Waals surface area contributed by atoms with Crippen LogP contribution in [0.4, 0.5) is 17.6 Å². The number of halogens is 5. The maximum absolute atomic E-state index is 13.9. The van der Waals surface area contributed by atoms with Gasteiger partial charge in [-0.3, -0.25) is 10.5 Å². The Morgan fingerprint density at radius 1 is 1.38 bits per heavy atom. The molecule has 1 aromatic heterocycles. The number of alkyl halides is 3. The lowest BCUT2D eigenvalue weighted by Crippen LogP contribution is -2.31. The number of hydrogen-bond donors (Lipinski definition) is 2. The van der Waals surface area contributed by atoms with Crippen molar-refractivity contribution in [1.82, 2.24) is 15.2 Å². The normalized spacial score (nSPS) is 13.5. The van der Waals surface area contributed by atoms with E-state index in [0.717, 1.165) is 6.07 Å². The highest BCUT2D eigenvalue weighted by Gasteiger charge is 2.33. The van der Waals surface area contributed by atoms with E-state index in [0.29, 0.717) is 12.1 Å². The van der Waals surface area contributed by atoms with Gasteiger partial charge in [-0.15, -0.1) is 0 Å². The van der Waals surface area contributed by atoms with Crippen molar-refractivity contribution >= 4 is 11.6 Å². The molecule has 0 amide bonds. The monoisotopic (exact) mass is 322 g/mol. The van der Waals surface area contributed by atoms with E-state index in [-0.39, 0.29) is 16.3 Å². The maximum atomic E-state index is 13.9. The lowest BCUT2D eigenvalue weighted by molar-refractivity contribution is -0.137. The van der Waals surface area contributed by atoms with Gasteiger partial charge in [0.05, 0.1) is 28.5 Å². The fraction of sp³-hybridized carbons (Fsp3) is 0.250. The van der Waals surface area contributed by atoms with Gasteiger partial charge in [-0.25, -0.2) is 9.82 Å². The maximum Gasteiger partial charge on any atom is 0.416 e. The van der Waals surface area contributed by atoms with Gasteiger partial charge in [0.2, 0.25) is 0 Å². The van der Waals surface area contributed by atoms with E-state index in [1.54, 1.807) is 0 Å². The Kier molecular flexibility index (Phi) is 4.22. The molecule has 0 saturated heterocycles. The molecule has 114 valence electrons. The van der Waals surface area contributed by atoms with Crippen LogP contribution < -0.4 is 11.3 Å². The van der Waals surface area contributed by atoms with Crippen molar-refractivity contribution < 1.29 is 17.6 Å². The molecular formula is C12H11ClF4N4. The average molecular weight is 323 g/mol. The fourth-order valence-electron chi connectivity index (χ4n) is 2.00. The number of hydrogen-bond acceptors (Lipinski definition) is 3. The lowest BCUT2D eigenvalue weighted by atomic mass is 10.0. The Hall–Kier alpha value is -1.64. The lowest BCUT2D eigenvalue weighted by Gasteiger charge is -2.19. The van der Waals surface area contributed by atoms with Crippen LogP contribution in [0, 0.1) is 5.82 Å². The van der Waals surface area contributed by atoms with Crippen molar-refractivity contribution in [2.24, 2.45) is 12.9 Å². The van der Waals surface area contributed by atoms with E-state index in [1.807, 2.05) is 0 Å². The van der Waals surface area contributed by atoms with Gasteiger partial charge in [0.1, 0.15) is 5.82 Å². The van der Waals surface area contributed by atoms with Crippen molar-refractivity contribution in [2.75, 3.05) is 0 Å². The highest BCUT2D eigenvalue weighted by molar-refractivity contribution is 6.31. The summed E-state index contributed by atoms with van der Waals surface area (Å²) < 4.78 is 53.5. The molecule has 2 aromatic rings. The summed E-state index contributed by atoms with van der Waals surface area (Å²) in [5.41, 5.74) is 1.29. The van der Waals surface area contributed by atoms with Crippen LogP contribution >= 0.6 is 11.6 Å². The highest BCUT2D eigenvalue weighted by Crippen LogP contribution is 2.34. The van der Waals surface area contributed by atoms with Crippen molar-refractivity contribution in [2.45, 2.75) is 12.2 Å². The van der Waals surface area contributed by atoms with E-state index < -0.39 is 23.6 Å². The summed E-state index contributed by atoms with van der Waals surface area (Å²) in [5.74, 6) is 4.53. The molecule has 0 bridgehead atoms. The molecule has 0 aliphatic rings. The molecule has 2 rings (SSSR count). The molecule has 1 heterocycles. The van der Waals surface area contributed by atoms with Gasteiger partial charge in [-0.05, 0) is 18.2 Å². The van der Waals surface area contributed by atoms with Gasteiger partial charge in [0, 0.05) is 12.6 Å². The first-order chi connectivity index (χ1) is 9.75. The summed E-state index contributed by atoms with van der Waals surface area (Å²) in [6, 6.07) is 1.04. The van der Waals surface area contributed by atoms with Gasteiger partial charge < -0.3 is 0 Å². The third-order valence-electron chi connectivity index (χ3n) is 3.01. The van der Waals surface area contributed by atoms with Gasteiger partial charge >= 0.3 is 6.18 Å².